The van der Waals surface area contributed by atoms with Crippen LogP contribution in [0.3, 0.4) is 0 Å². The van der Waals surface area contributed by atoms with E-state index in [1.54, 1.807) is 0 Å². The lowest BCUT2D eigenvalue weighted by atomic mass is 10.00. The van der Waals surface area contributed by atoms with Crippen LogP contribution in [0, 0.1) is 0 Å². The lowest BCUT2D eigenvalue weighted by Crippen LogP contribution is -1.98. The van der Waals surface area contributed by atoms with E-state index in [-0.39, 0.29) is 0 Å². The van der Waals surface area contributed by atoms with Gasteiger partial charge in [0.2, 0.25) is 0 Å². The van der Waals surface area contributed by atoms with E-state index in [0.29, 0.717) is 0 Å². The summed E-state index contributed by atoms with van der Waals surface area (Å²) in [6.07, 6.45) is 0. The largest absolute Gasteiger partial charge is 0.292 e. The van der Waals surface area contributed by atoms with Crippen molar-refractivity contribution in [1.82, 2.24) is 9.55 Å². The van der Waals surface area contributed by atoms with Gasteiger partial charge in [-0.05, 0) is 57.9 Å². The summed E-state index contributed by atoms with van der Waals surface area (Å²) < 4.78 is 4.42. The Morgan fingerprint density at radius 1 is 0.543 bits per heavy atom. The topological polar surface area (TPSA) is 17.8 Å². The van der Waals surface area contributed by atoms with Crippen LogP contribution in [-0.2, 0) is 0 Å². The van der Waals surface area contributed by atoms with Gasteiger partial charge in [-0.15, -0.1) is 0 Å². The third-order valence-electron chi connectivity index (χ3n) is 6.69. The number of rotatable bonds is 2. The zero-order chi connectivity index (χ0) is 23.5. The first-order valence-electron chi connectivity index (χ1n) is 11.5. The number of nitrogens with zero attached hydrogens (tertiary/aromatic N) is 2. The second kappa shape index (κ2) is 8.04. The quantitative estimate of drug-likeness (QED) is 0.187. The molecule has 0 amide bonds. The minimum atomic E-state index is 0.941. The van der Waals surface area contributed by atoms with Gasteiger partial charge >= 0.3 is 0 Å². The van der Waals surface area contributed by atoms with Crippen molar-refractivity contribution in [3.63, 3.8) is 0 Å². The molecule has 0 radical (unpaired) electrons. The Balaban J connectivity index is 1.76. The van der Waals surface area contributed by atoms with Crippen LogP contribution in [0.2, 0.25) is 0 Å². The highest BCUT2D eigenvalue weighted by molar-refractivity contribution is 9.10. The van der Waals surface area contributed by atoms with E-state index < -0.39 is 0 Å². The molecule has 6 aromatic carbocycles. The summed E-state index contributed by atoms with van der Waals surface area (Å²) in [5, 5.41) is 7.12. The Bertz CT molecular complexity index is 1920. The molecule has 0 N–H and O–H groups in total. The van der Waals surface area contributed by atoms with Crippen molar-refractivity contribution >= 4 is 75.2 Å². The van der Waals surface area contributed by atoms with E-state index in [0.717, 1.165) is 42.4 Å². The summed E-state index contributed by atoms with van der Waals surface area (Å²) in [6, 6.07) is 38.6. The summed E-state index contributed by atoms with van der Waals surface area (Å²) >= 11 is 7.42. The Labute approximate surface area is 219 Å². The first-order chi connectivity index (χ1) is 17.2. The number of aromatic nitrogens is 2. The number of fused-ring (bicyclic) bond motifs is 7. The summed E-state index contributed by atoms with van der Waals surface area (Å²) in [7, 11) is 0. The lowest BCUT2D eigenvalue weighted by molar-refractivity contribution is 1.11. The molecule has 1 heterocycles. The highest BCUT2D eigenvalue weighted by Crippen LogP contribution is 2.41. The molecule has 0 atom stereocenters. The Hall–Kier alpha value is -3.47. The van der Waals surface area contributed by atoms with E-state index >= 15 is 0 Å². The molecule has 0 fully saturated rings. The Kier molecular flexibility index (Phi) is 4.80. The fourth-order valence-electron chi connectivity index (χ4n) is 5.18. The van der Waals surface area contributed by atoms with Crippen LogP contribution >= 0.6 is 31.9 Å². The third kappa shape index (κ3) is 3.24. The standard InChI is InChI=1S/C31H18Br2N2/c32-20-13-15-24-25-16-14-21(33)18-28(25)30-29(27(24)17-20)34-31(35(30)22-9-2-1-3-10-22)26-12-6-8-19-7-4-5-11-23(19)26/h1-18H. The van der Waals surface area contributed by atoms with Gasteiger partial charge in [0.1, 0.15) is 5.82 Å². The Morgan fingerprint density at radius 3 is 2.00 bits per heavy atom. The summed E-state index contributed by atoms with van der Waals surface area (Å²) in [5.41, 5.74) is 4.32. The number of hydrogen-bond acceptors (Lipinski definition) is 1. The smallest absolute Gasteiger partial charge is 0.146 e. The van der Waals surface area contributed by atoms with E-state index in [2.05, 4.69) is 146 Å². The van der Waals surface area contributed by atoms with Crippen molar-refractivity contribution in [3.8, 4) is 17.1 Å². The van der Waals surface area contributed by atoms with Crippen LogP contribution < -0.4 is 0 Å². The van der Waals surface area contributed by atoms with Crippen LogP contribution in [0.4, 0.5) is 0 Å². The van der Waals surface area contributed by atoms with Crippen LogP contribution in [-0.4, -0.2) is 9.55 Å². The lowest BCUT2D eigenvalue weighted by Gasteiger charge is -2.14. The molecule has 0 aliphatic carbocycles. The maximum atomic E-state index is 5.39. The minimum absolute atomic E-state index is 0.941. The molecule has 0 saturated heterocycles. The zero-order valence-corrected chi connectivity index (χ0v) is 21.7. The van der Waals surface area contributed by atoms with Gasteiger partial charge < -0.3 is 0 Å². The molecule has 1 aromatic heterocycles. The van der Waals surface area contributed by atoms with E-state index in [1.165, 1.54) is 26.9 Å². The molecule has 0 unspecified atom stereocenters. The van der Waals surface area contributed by atoms with Gasteiger partial charge in [0.15, 0.2) is 0 Å². The molecule has 4 heteroatoms. The van der Waals surface area contributed by atoms with Crippen molar-refractivity contribution < 1.29 is 0 Å². The first-order valence-corrected chi connectivity index (χ1v) is 13.0. The second-order valence-corrected chi connectivity index (χ2v) is 10.5. The molecule has 0 saturated carbocycles. The van der Waals surface area contributed by atoms with Gasteiger partial charge in [0.25, 0.3) is 0 Å². The highest BCUT2D eigenvalue weighted by Gasteiger charge is 2.21. The summed E-state index contributed by atoms with van der Waals surface area (Å²) in [5.74, 6) is 0.941. The van der Waals surface area contributed by atoms with Crippen LogP contribution in [0.15, 0.2) is 118 Å². The molecule has 166 valence electrons. The molecule has 0 aliphatic heterocycles. The maximum absolute atomic E-state index is 5.39. The second-order valence-electron chi connectivity index (χ2n) is 8.71. The number of benzene rings is 6. The molecule has 0 bridgehead atoms. The normalized spacial score (nSPS) is 11.7. The average molecular weight is 578 g/mol. The van der Waals surface area contributed by atoms with Crippen molar-refractivity contribution in [2.45, 2.75) is 0 Å². The molecule has 0 aliphatic rings. The first kappa shape index (κ1) is 20.9. The predicted octanol–water partition coefficient (Wildman–Crippen LogP) is 9.68. The number of hydrogen-bond donors (Lipinski definition) is 0. The fourth-order valence-corrected chi connectivity index (χ4v) is 5.90. The van der Waals surface area contributed by atoms with Crippen molar-refractivity contribution in [2.75, 3.05) is 0 Å². The fraction of sp³-hybridized carbons (Fsp3) is 0. The summed E-state index contributed by atoms with van der Waals surface area (Å²) in [4.78, 5) is 5.39. The molecular weight excluding hydrogens is 560 g/mol. The molecule has 35 heavy (non-hydrogen) atoms. The Morgan fingerprint density at radius 2 is 1.20 bits per heavy atom. The van der Waals surface area contributed by atoms with Crippen LogP contribution in [0.5, 0.6) is 0 Å². The zero-order valence-electron chi connectivity index (χ0n) is 18.5. The number of para-hydroxylation sites is 1. The van der Waals surface area contributed by atoms with Gasteiger partial charge in [0, 0.05) is 31.0 Å². The van der Waals surface area contributed by atoms with Gasteiger partial charge in [-0.2, -0.15) is 0 Å². The highest BCUT2D eigenvalue weighted by atomic mass is 79.9. The molecular formula is C31H18Br2N2. The third-order valence-corrected chi connectivity index (χ3v) is 7.67. The van der Waals surface area contributed by atoms with Crippen LogP contribution in [0.25, 0.3) is 60.4 Å². The monoisotopic (exact) mass is 576 g/mol. The average Bonchev–Trinajstić information content (AvgIpc) is 3.30. The van der Waals surface area contributed by atoms with E-state index in [9.17, 15) is 0 Å². The molecule has 7 aromatic rings. The molecule has 7 rings (SSSR count). The van der Waals surface area contributed by atoms with Crippen molar-refractivity contribution in [2.24, 2.45) is 0 Å². The van der Waals surface area contributed by atoms with E-state index in [4.69, 9.17) is 4.98 Å². The predicted molar refractivity (Wildman–Crippen MR) is 154 cm³/mol. The van der Waals surface area contributed by atoms with Crippen molar-refractivity contribution in [3.05, 3.63) is 118 Å². The van der Waals surface area contributed by atoms with Gasteiger partial charge in [0.05, 0.1) is 11.0 Å². The van der Waals surface area contributed by atoms with Gasteiger partial charge in [-0.1, -0.05) is 105 Å². The minimum Gasteiger partial charge on any atom is -0.292 e. The van der Waals surface area contributed by atoms with E-state index in [1.807, 2.05) is 0 Å². The summed E-state index contributed by atoms with van der Waals surface area (Å²) in [6.45, 7) is 0. The SMILES string of the molecule is Brc1ccc2c3ccc(Br)cc3c3c(nc(-c4cccc5ccccc45)n3-c3ccccc3)c2c1. The molecule has 0 spiro atoms. The van der Waals surface area contributed by atoms with Gasteiger partial charge in [-0.25, -0.2) is 4.98 Å². The molecule has 2 nitrogen and oxygen atoms in total. The number of halogens is 2. The number of imidazole rings is 1. The van der Waals surface area contributed by atoms with Crippen LogP contribution in [0.1, 0.15) is 0 Å². The van der Waals surface area contributed by atoms with Crippen molar-refractivity contribution in [1.29, 1.82) is 0 Å². The van der Waals surface area contributed by atoms with Gasteiger partial charge in [-0.3, -0.25) is 4.57 Å². The maximum Gasteiger partial charge on any atom is 0.146 e.